The van der Waals surface area contributed by atoms with Gasteiger partial charge in [0.05, 0.1) is 6.54 Å². The summed E-state index contributed by atoms with van der Waals surface area (Å²) in [6.45, 7) is 2.98. The predicted molar refractivity (Wildman–Crippen MR) is 69.6 cm³/mol. The maximum Gasteiger partial charge on any atom is 0.168 e. The Morgan fingerprint density at radius 3 is 2.78 bits per heavy atom. The molecule has 2 heterocycles. The van der Waals surface area contributed by atoms with E-state index in [1.165, 1.54) is 0 Å². The van der Waals surface area contributed by atoms with Crippen LogP contribution in [0.1, 0.15) is 11.8 Å². The molecule has 0 aromatic carbocycles. The molecule has 6 heteroatoms. The van der Waals surface area contributed by atoms with Gasteiger partial charge in [-0.3, -0.25) is 0 Å². The van der Waals surface area contributed by atoms with E-state index in [2.05, 4.69) is 4.98 Å². The lowest BCUT2D eigenvalue weighted by Crippen LogP contribution is -2.24. The Bertz CT molecular complexity index is 528. The van der Waals surface area contributed by atoms with Gasteiger partial charge in [0.1, 0.15) is 0 Å². The first-order chi connectivity index (χ1) is 8.61. The summed E-state index contributed by atoms with van der Waals surface area (Å²) in [5.41, 5.74) is 5.38. The highest BCUT2D eigenvalue weighted by atomic mass is 32.1. The third-order valence-corrected chi connectivity index (χ3v) is 3.41. The van der Waals surface area contributed by atoms with E-state index in [-0.39, 0.29) is 11.6 Å². The van der Waals surface area contributed by atoms with E-state index in [1.54, 1.807) is 16.2 Å². The van der Waals surface area contributed by atoms with E-state index < -0.39 is 11.6 Å². The molecule has 3 nitrogen and oxygen atoms in total. The topological polar surface area (TPSA) is 42.2 Å². The molecule has 2 N–H and O–H groups in total. The van der Waals surface area contributed by atoms with Crippen molar-refractivity contribution < 1.29 is 8.78 Å². The van der Waals surface area contributed by atoms with E-state index >= 15 is 0 Å². The zero-order chi connectivity index (χ0) is 13.1. The smallest absolute Gasteiger partial charge is 0.168 e. The molecule has 0 radical (unpaired) electrons. The summed E-state index contributed by atoms with van der Waals surface area (Å²) >= 11 is 1.58. The average Bonchev–Trinajstić information content (AvgIpc) is 2.84. The maximum absolute atomic E-state index is 13.7. The third-order valence-electron chi connectivity index (χ3n) is 2.55. The highest BCUT2D eigenvalue weighted by molar-refractivity contribution is 7.09. The Morgan fingerprint density at radius 2 is 2.17 bits per heavy atom. The van der Waals surface area contributed by atoms with Crippen molar-refractivity contribution in [2.75, 3.05) is 17.2 Å². The molecule has 0 aliphatic rings. The maximum atomic E-state index is 13.7. The van der Waals surface area contributed by atoms with Gasteiger partial charge in [-0.15, -0.1) is 11.3 Å². The Morgan fingerprint density at radius 1 is 1.39 bits per heavy atom. The number of anilines is 2. The summed E-state index contributed by atoms with van der Waals surface area (Å²) in [5.74, 6) is -1.72. The van der Waals surface area contributed by atoms with Gasteiger partial charge in [0.2, 0.25) is 0 Å². The Balaban J connectivity index is 2.30. The normalized spacial score (nSPS) is 10.6. The predicted octanol–water partition coefficient (Wildman–Crippen LogP) is 3.03. The molecule has 0 aliphatic heterocycles. The number of hydrogen-bond acceptors (Lipinski definition) is 4. The van der Waals surface area contributed by atoms with Crippen LogP contribution in [0.3, 0.4) is 0 Å². The summed E-state index contributed by atoms with van der Waals surface area (Å²) in [6, 6.07) is 4.66. The molecule has 0 saturated heterocycles. The molecule has 0 saturated carbocycles. The number of thiophene rings is 1. The van der Waals surface area contributed by atoms with Gasteiger partial charge in [-0.05, 0) is 18.4 Å². The summed E-state index contributed by atoms with van der Waals surface area (Å²) in [4.78, 5) is 6.59. The molecule has 2 aromatic rings. The van der Waals surface area contributed by atoms with Gasteiger partial charge in [0.25, 0.3) is 0 Å². The Labute approximate surface area is 108 Å². The van der Waals surface area contributed by atoms with Crippen LogP contribution in [0.25, 0.3) is 0 Å². The van der Waals surface area contributed by atoms with Crippen molar-refractivity contribution in [1.29, 1.82) is 0 Å². The first-order valence-corrected chi connectivity index (χ1v) is 6.38. The molecule has 0 spiro atoms. The van der Waals surface area contributed by atoms with Gasteiger partial charge in [0, 0.05) is 17.5 Å². The van der Waals surface area contributed by atoms with E-state index in [4.69, 9.17) is 5.73 Å². The number of hydrogen-bond donors (Lipinski definition) is 1. The molecule has 96 valence electrons. The van der Waals surface area contributed by atoms with E-state index in [0.29, 0.717) is 13.1 Å². The largest absolute Gasteiger partial charge is 0.381 e. The van der Waals surface area contributed by atoms with E-state index in [1.807, 2.05) is 24.4 Å². The summed E-state index contributed by atoms with van der Waals surface area (Å²) in [7, 11) is 0. The molecule has 0 amide bonds. The van der Waals surface area contributed by atoms with Gasteiger partial charge in [-0.2, -0.15) is 0 Å². The molecule has 18 heavy (non-hydrogen) atoms. The van der Waals surface area contributed by atoms with Gasteiger partial charge in [0.15, 0.2) is 23.3 Å². The molecule has 2 rings (SSSR count). The monoisotopic (exact) mass is 269 g/mol. The molecule has 0 bridgehead atoms. The lowest BCUT2D eigenvalue weighted by Gasteiger charge is -2.22. The van der Waals surface area contributed by atoms with Crippen molar-refractivity contribution in [2.45, 2.75) is 13.5 Å². The zero-order valence-electron chi connectivity index (χ0n) is 9.86. The minimum absolute atomic E-state index is 0.0878. The van der Waals surface area contributed by atoms with Crippen molar-refractivity contribution in [2.24, 2.45) is 0 Å². The van der Waals surface area contributed by atoms with Crippen LogP contribution < -0.4 is 10.6 Å². The average molecular weight is 269 g/mol. The first kappa shape index (κ1) is 12.8. The Hall–Kier alpha value is -1.69. The first-order valence-electron chi connectivity index (χ1n) is 5.50. The summed E-state index contributed by atoms with van der Waals surface area (Å²) in [5, 5.41) is 1.95. The third kappa shape index (κ3) is 2.59. The quantitative estimate of drug-likeness (QED) is 0.927. The van der Waals surface area contributed by atoms with Gasteiger partial charge >= 0.3 is 0 Å². The van der Waals surface area contributed by atoms with Gasteiger partial charge in [-0.25, -0.2) is 13.8 Å². The standard InChI is InChI=1S/C12H13F2N3S/c1-2-17(7-8-4-3-5-18-8)12-10(14)6-9(13)11(15)16-12/h3-6H,2,7H2,1H3,(H2,15,16). The molecular weight excluding hydrogens is 256 g/mol. The number of nitrogens with zero attached hydrogens (tertiary/aromatic N) is 2. The molecular formula is C12H13F2N3S. The number of nitrogens with two attached hydrogens (primary N) is 1. The Kier molecular flexibility index (Phi) is 3.76. The second-order valence-electron chi connectivity index (χ2n) is 3.75. The van der Waals surface area contributed by atoms with Crippen molar-refractivity contribution in [1.82, 2.24) is 4.98 Å². The summed E-state index contributed by atoms with van der Waals surface area (Å²) < 4.78 is 26.8. The van der Waals surface area contributed by atoms with Crippen molar-refractivity contribution >= 4 is 23.0 Å². The zero-order valence-corrected chi connectivity index (χ0v) is 10.7. The summed E-state index contributed by atoms with van der Waals surface area (Å²) in [6.07, 6.45) is 0. The highest BCUT2D eigenvalue weighted by Gasteiger charge is 2.15. The second kappa shape index (κ2) is 5.30. The number of halogens is 2. The van der Waals surface area contributed by atoms with Crippen LogP contribution in [0, 0.1) is 11.6 Å². The fourth-order valence-corrected chi connectivity index (χ4v) is 2.34. The number of rotatable bonds is 4. The van der Waals surface area contributed by atoms with Crippen LogP contribution in [0.2, 0.25) is 0 Å². The van der Waals surface area contributed by atoms with Crippen LogP contribution in [0.5, 0.6) is 0 Å². The number of aromatic nitrogens is 1. The molecule has 0 fully saturated rings. The lowest BCUT2D eigenvalue weighted by molar-refractivity contribution is 0.571. The lowest BCUT2D eigenvalue weighted by atomic mass is 10.3. The number of nitrogen functional groups attached to an aromatic ring is 1. The number of pyridine rings is 1. The fourth-order valence-electron chi connectivity index (χ4n) is 1.62. The van der Waals surface area contributed by atoms with E-state index in [9.17, 15) is 8.78 Å². The van der Waals surface area contributed by atoms with Crippen LogP contribution in [-0.2, 0) is 6.54 Å². The van der Waals surface area contributed by atoms with Gasteiger partial charge in [-0.1, -0.05) is 6.07 Å². The minimum atomic E-state index is -0.830. The van der Waals surface area contributed by atoms with Crippen LogP contribution in [0.15, 0.2) is 23.6 Å². The molecule has 0 aliphatic carbocycles. The highest BCUT2D eigenvalue weighted by Crippen LogP contribution is 2.23. The fraction of sp³-hybridized carbons (Fsp3) is 0.250. The van der Waals surface area contributed by atoms with Crippen LogP contribution in [-0.4, -0.2) is 11.5 Å². The van der Waals surface area contributed by atoms with Crippen LogP contribution >= 0.6 is 11.3 Å². The van der Waals surface area contributed by atoms with E-state index in [0.717, 1.165) is 10.9 Å². The molecule has 2 aromatic heterocycles. The van der Waals surface area contributed by atoms with Crippen molar-refractivity contribution in [3.05, 3.63) is 40.1 Å². The second-order valence-corrected chi connectivity index (χ2v) is 4.79. The SMILES string of the molecule is CCN(Cc1cccs1)c1nc(N)c(F)cc1F. The van der Waals surface area contributed by atoms with Gasteiger partial charge < -0.3 is 10.6 Å². The van der Waals surface area contributed by atoms with Crippen molar-refractivity contribution in [3.8, 4) is 0 Å². The minimum Gasteiger partial charge on any atom is -0.381 e. The van der Waals surface area contributed by atoms with Crippen molar-refractivity contribution in [3.63, 3.8) is 0 Å². The van der Waals surface area contributed by atoms with Crippen LogP contribution in [0.4, 0.5) is 20.4 Å². The molecule has 0 unspecified atom stereocenters. The molecule has 0 atom stereocenters.